The SMILES string of the molecule is O=C(O)c1cc(Cl)cnc1C(F)F. The smallest absolute Gasteiger partial charge is 0.337 e. The Morgan fingerprint density at radius 1 is 1.62 bits per heavy atom. The number of rotatable bonds is 2. The van der Waals surface area contributed by atoms with E-state index >= 15 is 0 Å². The zero-order chi connectivity index (χ0) is 10.0. The molecular weight excluding hydrogens is 204 g/mol. The van der Waals surface area contributed by atoms with Gasteiger partial charge in [0.1, 0.15) is 5.69 Å². The summed E-state index contributed by atoms with van der Waals surface area (Å²) in [5.74, 6) is -1.47. The third-order valence-corrected chi connectivity index (χ3v) is 1.53. The van der Waals surface area contributed by atoms with E-state index in [2.05, 4.69) is 4.98 Å². The molecule has 0 saturated heterocycles. The van der Waals surface area contributed by atoms with Gasteiger partial charge in [-0.25, -0.2) is 13.6 Å². The van der Waals surface area contributed by atoms with E-state index in [1.54, 1.807) is 0 Å². The number of carboxylic acids is 1. The summed E-state index contributed by atoms with van der Waals surface area (Å²) >= 11 is 5.39. The zero-order valence-corrected chi connectivity index (χ0v) is 6.92. The molecule has 0 aliphatic carbocycles. The van der Waals surface area contributed by atoms with Crippen LogP contribution in [0.3, 0.4) is 0 Å². The molecule has 1 aromatic rings. The van der Waals surface area contributed by atoms with Crippen LogP contribution in [-0.2, 0) is 0 Å². The summed E-state index contributed by atoms with van der Waals surface area (Å²) in [6.45, 7) is 0. The Labute approximate surface area is 77.0 Å². The Morgan fingerprint density at radius 3 is 2.69 bits per heavy atom. The number of hydrogen-bond acceptors (Lipinski definition) is 2. The van der Waals surface area contributed by atoms with Crippen LogP contribution in [0.5, 0.6) is 0 Å². The Bertz CT molecular complexity index is 343. The largest absolute Gasteiger partial charge is 0.478 e. The molecule has 0 amide bonds. The highest BCUT2D eigenvalue weighted by Gasteiger charge is 2.19. The molecule has 0 fully saturated rings. The van der Waals surface area contributed by atoms with Crippen LogP contribution < -0.4 is 0 Å². The van der Waals surface area contributed by atoms with E-state index in [0.717, 1.165) is 12.3 Å². The number of aromatic carboxylic acids is 1. The lowest BCUT2D eigenvalue weighted by molar-refractivity contribution is 0.0682. The second-order valence-electron chi connectivity index (χ2n) is 2.19. The molecular formula is C7H4ClF2NO2. The summed E-state index contributed by atoms with van der Waals surface area (Å²) < 4.78 is 24.3. The van der Waals surface area contributed by atoms with Gasteiger partial charge in [0.25, 0.3) is 6.43 Å². The molecule has 6 heteroatoms. The van der Waals surface area contributed by atoms with Crippen molar-refractivity contribution in [2.24, 2.45) is 0 Å². The third kappa shape index (κ3) is 2.12. The van der Waals surface area contributed by atoms with Crippen molar-refractivity contribution >= 4 is 17.6 Å². The van der Waals surface area contributed by atoms with Gasteiger partial charge < -0.3 is 5.11 Å². The fourth-order valence-corrected chi connectivity index (χ4v) is 0.953. The monoisotopic (exact) mass is 207 g/mol. The van der Waals surface area contributed by atoms with Gasteiger partial charge in [-0.2, -0.15) is 0 Å². The van der Waals surface area contributed by atoms with Crippen LogP contribution in [0.4, 0.5) is 8.78 Å². The molecule has 0 saturated carbocycles. The van der Waals surface area contributed by atoms with Crippen LogP contribution >= 0.6 is 11.6 Å². The summed E-state index contributed by atoms with van der Waals surface area (Å²) in [5, 5.41) is 8.52. The molecule has 70 valence electrons. The maximum Gasteiger partial charge on any atom is 0.337 e. The van der Waals surface area contributed by atoms with Crippen molar-refractivity contribution in [2.45, 2.75) is 6.43 Å². The Morgan fingerprint density at radius 2 is 2.23 bits per heavy atom. The molecule has 1 rings (SSSR count). The van der Waals surface area contributed by atoms with Gasteiger partial charge in [0.05, 0.1) is 10.6 Å². The second kappa shape index (κ2) is 3.66. The number of nitrogens with zero attached hydrogens (tertiary/aromatic N) is 1. The van der Waals surface area contributed by atoms with Crippen LogP contribution in [0.15, 0.2) is 12.3 Å². The summed E-state index contributed by atoms with van der Waals surface area (Å²) in [5.41, 5.74) is -1.33. The lowest BCUT2D eigenvalue weighted by Gasteiger charge is -2.03. The molecule has 0 spiro atoms. The molecule has 0 aliphatic rings. The number of halogens is 3. The summed E-state index contributed by atoms with van der Waals surface area (Å²) in [6.07, 6.45) is -1.93. The van der Waals surface area contributed by atoms with Crippen molar-refractivity contribution in [3.8, 4) is 0 Å². The van der Waals surface area contributed by atoms with Crippen LogP contribution in [-0.4, -0.2) is 16.1 Å². The highest BCUT2D eigenvalue weighted by atomic mass is 35.5. The third-order valence-electron chi connectivity index (χ3n) is 1.32. The van der Waals surface area contributed by atoms with Gasteiger partial charge in [-0.05, 0) is 6.07 Å². The summed E-state index contributed by atoms with van der Waals surface area (Å²) in [6, 6.07) is 0.943. The number of hydrogen-bond donors (Lipinski definition) is 1. The molecule has 1 N–H and O–H groups in total. The molecule has 13 heavy (non-hydrogen) atoms. The first kappa shape index (κ1) is 9.85. The molecule has 0 radical (unpaired) electrons. The van der Waals surface area contributed by atoms with Gasteiger partial charge in [0.15, 0.2) is 0 Å². The molecule has 3 nitrogen and oxygen atoms in total. The zero-order valence-electron chi connectivity index (χ0n) is 6.17. The first-order chi connectivity index (χ1) is 6.02. The van der Waals surface area contributed by atoms with E-state index < -0.39 is 23.7 Å². The molecule has 1 aromatic heterocycles. The van der Waals surface area contributed by atoms with Crippen LogP contribution in [0.25, 0.3) is 0 Å². The van der Waals surface area contributed by atoms with Gasteiger partial charge in [0.2, 0.25) is 0 Å². The van der Waals surface area contributed by atoms with Crippen LogP contribution in [0.2, 0.25) is 5.02 Å². The highest BCUT2D eigenvalue weighted by molar-refractivity contribution is 6.30. The normalized spacial score (nSPS) is 10.5. The van der Waals surface area contributed by atoms with Crippen molar-refractivity contribution in [1.29, 1.82) is 0 Å². The minimum Gasteiger partial charge on any atom is -0.478 e. The van der Waals surface area contributed by atoms with E-state index in [4.69, 9.17) is 16.7 Å². The second-order valence-corrected chi connectivity index (χ2v) is 2.63. The van der Waals surface area contributed by atoms with Gasteiger partial charge in [-0.15, -0.1) is 0 Å². The summed E-state index contributed by atoms with van der Waals surface area (Å²) in [4.78, 5) is 13.7. The topological polar surface area (TPSA) is 50.2 Å². The standard InChI is InChI=1S/C7H4ClF2NO2/c8-3-1-4(7(12)13)5(6(9)10)11-2-3/h1-2,6H,(H,12,13). The number of aromatic nitrogens is 1. The highest BCUT2D eigenvalue weighted by Crippen LogP contribution is 2.22. The molecule has 0 aromatic carbocycles. The lowest BCUT2D eigenvalue weighted by Crippen LogP contribution is -2.05. The summed E-state index contributed by atoms with van der Waals surface area (Å²) in [7, 11) is 0. The first-order valence-electron chi connectivity index (χ1n) is 3.19. The van der Waals surface area contributed by atoms with Gasteiger partial charge in [-0.3, -0.25) is 4.98 Å². The minimum atomic E-state index is -2.91. The molecule has 0 bridgehead atoms. The van der Waals surface area contributed by atoms with Crippen LogP contribution in [0.1, 0.15) is 22.5 Å². The first-order valence-corrected chi connectivity index (χ1v) is 3.57. The van der Waals surface area contributed by atoms with Gasteiger partial charge >= 0.3 is 5.97 Å². The Hall–Kier alpha value is -1.23. The van der Waals surface area contributed by atoms with E-state index in [1.807, 2.05) is 0 Å². The number of alkyl halides is 2. The van der Waals surface area contributed by atoms with E-state index in [1.165, 1.54) is 0 Å². The fourth-order valence-electron chi connectivity index (χ4n) is 0.795. The Balaban J connectivity index is 3.27. The maximum absolute atomic E-state index is 12.2. The van der Waals surface area contributed by atoms with Crippen molar-refractivity contribution in [1.82, 2.24) is 4.98 Å². The van der Waals surface area contributed by atoms with E-state index in [-0.39, 0.29) is 5.02 Å². The predicted octanol–water partition coefficient (Wildman–Crippen LogP) is 2.37. The van der Waals surface area contributed by atoms with Crippen molar-refractivity contribution in [2.75, 3.05) is 0 Å². The minimum absolute atomic E-state index is 0.0156. The molecule has 0 atom stereocenters. The van der Waals surface area contributed by atoms with Gasteiger partial charge in [-0.1, -0.05) is 11.6 Å². The fraction of sp³-hybridized carbons (Fsp3) is 0.143. The predicted molar refractivity (Wildman–Crippen MR) is 41.2 cm³/mol. The quantitative estimate of drug-likeness (QED) is 0.810. The van der Waals surface area contributed by atoms with Gasteiger partial charge in [0, 0.05) is 6.20 Å². The van der Waals surface area contributed by atoms with E-state index in [0.29, 0.717) is 0 Å². The van der Waals surface area contributed by atoms with Crippen molar-refractivity contribution in [3.05, 3.63) is 28.5 Å². The maximum atomic E-state index is 12.2. The van der Waals surface area contributed by atoms with E-state index in [9.17, 15) is 13.6 Å². The molecule has 1 heterocycles. The number of carbonyl (C=O) groups is 1. The van der Waals surface area contributed by atoms with Crippen LogP contribution in [0, 0.1) is 0 Å². The number of pyridine rings is 1. The average Bonchev–Trinajstić information content (AvgIpc) is 2.03. The average molecular weight is 208 g/mol. The molecule has 0 aliphatic heterocycles. The lowest BCUT2D eigenvalue weighted by atomic mass is 10.2. The molecule has 0 unspecified atom stereocenters. The number of carboxylic acid groups (broad SMARTS) is 1. The Kier molecular flexibility index (Phi) is 2.77. The van der Waals surface area contributed by atoms with Crippen molar-refractivity contribution in [3.63, 3.8) is 0 Å². The van der Waals surface area contributed by atoms with Crippen molar-refractivity contribution < 1.29 is 18.7 Å².